The molecule has 3 heteroatoms. The van der Waals surface area contributed by atoms with Crippen LogP contribution in [0.5, 0.6) is 0 Å². The van der Waals surface area contributed by atoms with Gasteiger partial charge >= 0.3 is 5.97 Å². The van der Waals surface area contributed by atoms with Crippen molar-refractivity contribution in [1.82, 2.24) is 0 Å². The van der Waals surface area contributed by atoms with Crippen LogP contribution in [0.2, 0.25) is 0 Å². The van der Waals surface area contributed by atoms with Crippen LogP contribution in [0, 0.1) is 0 Å². The number of aliphatic carboxylic acids is 1. The summed E-state index contributed by atoms with van der Waals surface area (Å²) in [6, 6.07) is 0. The maximum Gasteiger partial charge on any atom is 0.332 e. The van der Waals surface area contributed by atoms with Crippen LogP contribution in [0.15, 0.2) is 60.8 Å². The van der Waals surface area contributed by atoms with E-state index in [0.717, 1.165) is 57.8 Å². The maximum atomic E-state index is 11.1. The molecule has 0 spiro atoms. The third-order valence-corrected chi connectivity index (χ3v) is 4.04. The van der Waals surface area contributed by atoms with Gasteiger partial charge in [0.15, 0.2) is 6.10 Å². The predicted octanol–water partition coefficient (Wildman–Crippen LogP) is 7.18. The molecule has 28 heavy (non-hydrogen) atoms. The standard InChI is InChI=1S/C25H40O3/c1-3-5-6-7-8-9-10-11-12-13-14-15-16-17-18-19-20-21-22-24(25(26)27)28-23-4-2/h5-6,8-9,11-12,14-15,17-18,24H,3-4,7,10,13,16,19-23H2,1-2H3,(H,26,27)/b6-5-,9-8-,12-11-,15-14-,18-17-. The van der Waals surface area contributed by atoms with E-state index in [2.05, 4.69) is 67.7 Å². The number of carboxylic acid groups (broad SMARTS) is 1. The molecule has 0 rings (SSSR count). The second-order valence-electron chi connectivity index (χ2n) is 6.69. The van der Waals surface area contributed by atoms with Gasteiger partial charge in [-0.15, -0.1) is 0 Å². The molecule has 158 valence electrons. The molecule has 1 atom stereocenters. The summed E-state index contributed by atoms with van der Waals surface area (Å²) in [5.74, 6) is -0.844. The van der Waals surface area contributed by atoms with Gasteiger partial charge in [-0.1, -0.05) is 74.6 Å². The molecule has 0 aliphatic rings. The van der Waals surface area contributed by atoms with Gasteiger partial charge in [0.2, 0.25) is 0 Å². The molecule has 0 aromatic carbocycles. The van der Waals surface area contributed by atoms with E-state index in [4.69, 9.17) is 9.84 Å². The van der Waals surface area contributed by atoms with E-state index in [1.165, 1.54) is 0 Å². The Bertz CT molecular complexity index is 498. The number of carbonyl (C=O) groups is 1. The molecule has 0 aliphatic carbocycles. The van der Waals surface area contributed by atoms with Crippen molar-refractivity contribution in [2.45, 2.75) is 84.2 Å². The van der Waals surface area contributed by atoms with E-state index >= 15 is 0 Å². The van der Waals surface area contributed by atoms with Crippen molar-refractivity contribution >= 4 is 5.97 Å². The van der Waals surface area contributed by atoms with Crippen molar-refractivity contribution in [3.05, 3.63) is 60.8 Å². The minimum absolute atomic E-state index is 0.520. The van der Waals surface area contributed by atoms with Gasteiger partial charge in [-0.25, -0.2) is 4.79 Å². The molecule has 0 aromatic rings. The second-order valence-corrected chi connectivity index (χ2v) is 6.69. The van der Waals surface area contributed by atoms with Crippen molar-refractivity contribution in [3.8, 4) is 0 Å². The van der Waals surface area contributed by atoms with E-state index in [1.54, 1.807) is 0 Å². The number of allylic oxidation sites excluding steroid dienone is 10. The lowest BCUT2D eigenvalue weighted by atomic mass is 10.1. The fourth-order valence-electron chi connectivity index (χ4n) is 2.50. The Kier molecular flexibility index (Phi) is 20.0. The van der Waals surface area contributed by atoms with Crippen LogP contribution in [-0.2, 0) is 9.53 Å². The molecule has 0 radical (unpaired) electrons. The Hall–Kier alpha value is -1.87. The van der Waals surface area contributed by atoms with Gasteiger partial charge in [-0.2, -0.15) is 0 Å². The number of rotatable bonds is 18. The average molecular weight is 389 g/mol. The molecule has 1 unspecified atom stereocenters. The number of carboxylic acids is 1. The van der Waals surface area contributed by atoms with Crippen molar-refractivity contribution in [2.75, 3.05) is 6.61 Å². The molecule has 0 saturated heterocycles. The Morgan fingerprint density at radius 3 is 1.75 bits per heavy atom. The fraction of sp³-hybridized carbons (Fsp3) is 0.560. The third-order valence-electron chi connectivity index (χ3n) is 4.04. The zero-order chi connectivity index (χ0) is 20.7. The van der Waals surface area contributed by atoms with Crippen molar-refractivity contribution in [1.29, 1.82) is 0 Å². The summed E-state index contributed by atoms with van der Waals surface area (Å²) in [6.45, 7) is 4.66. The fourth-order valence-corrected chi connectivity index (χ4v) is 2.50. The Labute approximate surface area is 172 Å². The Morgan fingerprint density at radius 1 is 0.786 bits per heavy atom. The molecule has 0 heterocycles. The van der Waals surface area contributed by atoms with E-state index in [9.17, 15) is 4.79 Å². The lowest BCUT2D eigenvalue weighted by Crippen LogP contribution is -2.24. The van der Waals surface area contributed by atoms with E-state index in [-0.39, 0.29) is 0 Å². The van der Waals surface area contributed by atoms with Gasteiger partial charge in [0.1, 0.15) is 0 Å². The Morgan fingerprint density at radius 2 is 1.29 bits per heavy atom. The Balaban J connectivity index is 3.61. The largest absolute Gasteiger partial charge is 0.479 e. The van der Waals surface area contributed by atoms with Crippen LogP contribution in [0.1, 0.15) is 78.1 Å². The summed E-state index contributed by atoms with van der Waals surface area (Å²) in [6.07, 6.45) is 30.7. The molecule has 1 N–H and O–H groups in total. The van der Waals surface area contributed by atoms with Gasteiger partial charge in [-0.05, 0) is 64.2 Å². The topological polar surface area (TPSA) is 46.5 Å². The van der Waals surface area contributed by atoms with Crippen LogP contribution in [0.4, 0.5) is 0 Å². The van der Waals surface area contributed by atoms with Gasteiger partial charge in [-0.3, -0.25) is 0 Å². The number of ether oxygens (including phenoxy) is 1. The van der Waals surface area contributed by atoms with Gasteiger partial charge in [0.05, 0.1) is 0 Å². The highest BCUT2D eigenvalue weighted by molar-refractivity contribution is 5.72. The first-order valence-electron chi connectivity index (χ1n) is 10.8. The number of hydrogen-bond donors (Lipinski definition) is 1. The number of hydrogen-bond acceptors (Lipinski definition) is 2. The SMILES string of the molecule is CC/C=C\C/C=C\C/C=C\C/C=C\C/C=C\CCCCC(OCCC)C(=O)O. The highest BCUT2D eigenvalue weighted by Crippen LogP contribution is 2.08. The van der Waals surface area contributed by atoms with Gasteiger partial charge in [0.25, 0.3) is 0 Å². The zero-order valence-electron chi connectivity index (χ0n) is 17.9. The van der Waals surface area contributed by atoms with Gasteiger partial charge < -0.3 is 9.84 Å². The molecular formula is C25H40O3. The lowest BCUT2D eigenvalue weighted by molar-refractivity contribution is -0.150. The average Bonchev–Trinajstić information content (AvgIpc) is 2.69. The molecule has 0 amide bonds. The summed E-state index contributed by atoms with van der Waals surface area (Å²) in [7, 11) is 0. The smallest absolute Gasteiger partial charge is 0.332 e. The molecule has 0 aliphatic heterocycles. The summed E-state index contributed by atoms with van der Waals surface area (Å²) in [5.41, 5.74) is 0. The first-order chi connectivity index (χ1) is 13.7. The summed E-state index contributed by atoms with van der Waals surface area (Å²) < 4.78 is 5.35. The molecule has 0 aromatic heterocycles. The van der Waals surface area contributed by atoms with Crippen molar-refractivity contribution < 1.29 is 14.6 Å². The summed E-state index contributed by atoms with van der Waals surface area (Å²) in [5, 5.41) is 9.09. The van der Waals surface area contributed by atoms with E-state index < -0.39 is 12.1 Å². The quantitative estimate of drug-likeness (QED) is 0.200. The van der Waals surface area contributed by atoms with Crippen LogP contribution >= 0.6 is 0 Å². The maximum absolute atomic E-state index is 11.1. The first kappa shape index (κ1) is 26.1. The molecule has 0 saturated carbocycles. The monoisotopic (exact) mass is 388 g/mol. The third kappa shape index (κ3) is 18.9. The van der Waals surface area contributed by atoms with E-state index in [0.29, 0.717) is 13.0 Å². The summed E-state index contributed by atoms with van der Waals surface area (Å²) >= 11 is 0. The lowest BCUT2D eigenvalue weighted by Gasteiger charge is -2.12. The highest BCUT2D eigenvalue weighted by atomic mass is 16.5. The number of unbranched alkanes of at least 4 members (excludes halogenated alkanes) is 2. The molecule has 3 nitrogen and oxygen atoms in total. The molecular weight excluding hydrogens is 348 g/mol. The van der Waals surface area contributed by atoms with Crippen LogP contribution < -0.4 is 0 Å². The van der Waals surface area contributed by atoms with Crippen molar-refractivity contribution in [3.63, 3.8) is 0 Å². The zero-order valence-corrected chi connectivity index (χ0v) is 17.9. The van der Waals surface area contributed by atoms with Crippen LogP contribution in [0.25, 0.3) is 0 Å². The highest BCUT2D eigenvalue weighted by Gasteiger charge is 2.16. The minimum Gasteiger partial charge on any atom is -0.479 e. The van der Waals surface area contributed by atoms with E-state index in [1.807, 2.05) is 6.92 Å². The minimum atomic E-state index is -0.844. The molecule has 0 bridgehead atoms. The van der Waals surface area contributed by atoms with Crippen LogP contribution in [0.3, 0.4) is 0 Å². The second kappa shape index (κ2) is 21.4. The van der Waals surface area contributed by atoms with Crippen molar-refractivity contribution in [2.24, 2.45) is 0 Å². The normalized spacial score (nSPS) is 13.8. The van der Waals surface area contributed by atoms with Gasteiger partial charge in [0, 0.05) is 6.61 Å². The molecule has 0 fully saturated rings. The predicted molar refractivity (Wildman–Crippen MR) is 121 cm³/mol. The van der Waals surface area contributed by atoms with Crippen LogP contribution in [-0.4, -0.2) is 23.8 Å². The summed E-state index contributed by atoms with van der Waals surface area (Å²) in [4.78, 5) is 11.1. The first-order valence-corrected chi connectivity index (χ1v) is 10.8.